The maximum absolute atomic E-state index is 13.9. The van der Waals surface area contributed by atoms with Crippen molar-refractivity contribution in [1.82, 2.24) is 15.0 Å². The minimum Gasteiger partial charge on any atom is -0.351 e. The van der Waals surface area contributed by atoms with Crippen LogP contribution < -0.4 is 10.6 Å². The van der Waals surface area contributed by atoms with Crippen molar-refractivity contribution in [2.45, 2.75) is 18.9 Å². The lowest BCUT2D eigenvalue weighted by Gasteiger charge is -2.12. The molecule has 8 heteroatoms. The highest BCUT2D eigenvalue weighted by molar-refractivity contribution is 5.67. The minimum absolute atomic E-state index is 0.144. The van der Waals surface area contributed by atoms with Gasteiger partial charge in [-0.25, -0.2) is 18.2 Å². The zero-order valence-corrected chi connectivity index (χ0v) is 13.5. The third-order valence-electron chi connectivity index (χ3n) is 3.89. The van der Waals surface area contributed by atoms with Crippen molar-refractivity contribution in [3.8, 4) is 11.3 Å². The van der Waals surface area contributed by atoms with Crippen LogP contribution in [0.25, 0.3) is 11.3 Å². The number of hydrogen-bond acceptors (Lipinski definition) is 5. The molecule has 5 nitrogen and oxygen atoms in total. The standard InChI is InChI=1S/C18H14F3N5/c19-12-5-6-13(20)17(16(12)21)25-15-8-14(10-2-1-7-22-9-10)24-18(26-15)23-11-3-4-11/h1-2,5-9,11H,3-4H2,(H2,23,24,25,26). The largest absolute Gasteiger partial charge is 0.351 e. The molecule has 1 saturated carbocycles. The van der Waals surface area contributed by atoms with Gasteiger partial charge in [-0.2, -0.15) is 4.98 Å². The van der Waals surface area contributed by atoms with Crippen LogP contribution >= 0.6 is 0 Å². The van der Waals surface area contributed by atoms with Crippen LogP contribution in [-0.4, -0.2) is 21.0 Å². The second-order valence-corrected chi connectivity index (χ2v) is 5.97. The number of anilines is 3. The highest BCUT2D eigenvalue weighted by Gasteiger charge is 2.23. The maximum Gasteiger partial charge on any atom is 0.225 e. The summed E-state index contributed by atoms with van der Waals surface area (Å²) in [5.41, 5.74) is 0.645. The number of nitrogens with one attached hydrogen (secondary N) is 2. The molecule has 1 aliphatic carbocycles. The Morgan fingerprint density at radius 3 is 2.54 bits per heavy atom. The highest BCUT2D eigenvalue weighted by Crippen LogP contribution is 2.29. The summed E-state index contributed by atoms with van der Waals surface area (Å²) < 4.78 is 41.3. The van der Waals surface area contributed by atoms with Crippen molar-refractivity contribution in [2.24, 2.45) is 0 Å². The van der Waals surface area contributed by atoms with Gasteiger partial charge in [-0.15, -0.1) is 0 Å². The van der Waals surface area contributed by atoms with Gasteiger partial charge in [0.1, 0.15) is 17.3 Å². The fraction of sp³-hybridized carbons (Fsp3) is 0.167. The van der Waals surface area contributed by atoms with E-state index in [0.29, 0.717) is 11.6 Å². The first kappa shape index (κ1) is 16.3. The Bertz CT molecular complexity index is 945. The van der Waals surface area contributed by atoms with Gasteiger partial charge in [0, 0.05) is 30.1 Å². The number of hydrogen-bond donors (Lipinski definition) is 2. The normalized spacial score (nSPS) is 13.5. The van der Waals surface area contributed by atoms with E-state index in [9.17, 15) is 13.2 Å². The molecule has 0 saturated heterocycles. The quantitative estimate of drug-likeness (QED) is 0.668. The molecule has 0 spiro atoms. The summed E-state index contributed by atoms with van der Waals surface area (Å²) in [4.78, 5) is 12.7. The number of aromatic nitrogens is 3. The lowest BCUT2D eigenvalue weighted by atomic mass is 10.2. The Kier molecular flexibility index (Phi) is 4.16. The van der Waals surface area contributed by atoms with Crippen molar-refractivity contribution < 1.29 is 13.2 Å². The molecule has 0 amide bonds. The summed E-state index contributed by atoms with van der Waals surface area (Å²) in [6.07, 6.45) is 5.27. The van der Waals surface area contributed by atoms with Gasteiger partial charge in [-0.1, -0.05) is 0 Å². The molecule has 0 bridgehead atoms. The lowest BCUT2D eigenvalue weighted by Crippen LogP contribution is -2.09. The first-order valence-corrected chi connectivity index (χ1v) is 8.06. The van der Waals surface area contributed by atoms with E-state index in [-0.39, 0.29) is 11.9 Å². The van der Waals surface area contributed by atoms with Gasteiger partial charge in [0.05, 0.1) is 5.69 Å². The molecule has 2 aromatic heterocycles. The zero-order chi connectivity index (χ0) is 18.1. The molecule has 1 aromatic carbocycles. The van der Waals surface area contributed by atoms with Crippen molar-refractivity contribution in [1.29, 1.82) is 0 Å². The molecule has 4 rings (SSSR count). The van der Waals surface area contributed by atoms with E-state index in [0.717, 1.165) is 30.5 Å². The molecule has 0 atom stereocenters. The Balaban J connectivity index is 1.74. The van der Waals surface area contributed by atoms with E-state index in [1.54, 1.807) is 18.5 Å². The molecule has 1 fully saturated rings. The van der Waals surface area contributed by atoms with Crippen LogP contribution in [0.15, 0.2) is 42.7 Å². The van der Waals surface area contributed by atoms with Gasteiger partial charge in [-0.05, 0) is 37.1 Å². The number of halogens is 3. The van der Waals surface area contributed by atoms with Crippen LogP contribution in [-0.2, 0) is 0 Å². The van der Waals surface area contributed by atoms with Crippen molar-refractivity contribution >= 4 is 17.5 Å². The van der Waals surface area contributed by atoms with Gasteiger partial charge in [0.2, 0.25) is 5.95 Å². The van der Waals surface area contributed by atoms with E-state index < -0.39 is 23.1 Å². The molecule has 0 unspecified atom stereocenters. The Labute approximate surface area is 147 Å². The summed E-state index contributed by atoms with van der Waals surface area (Å²) in [5, 5.41) is 5.67. The smallest absolute Gasteiger partial charge is 0.225 e. The van der Waals surface area contributed by atoms with Crippen molar-refractivity contribution in [3.05, 3.63) is 60.2 Å². The van der Waals surface area contributed by atoms with E-state index in [1.807, 2.05) is 6.07 Å². The number of pyridine rings is 1. The summed E-state index contributed by atoms with van der Waals surface area (Å²) in [5.74, 6) is -2.89. The van der Waals surface area contributed by atoms with Gasteiger partial charge in [0.15, 0.2) is 11.6 Å². The number of nitrogens with zero attached hydrogens (tertiary/aromatic N) is 3. The second-order valence-electron chi connectivity index (χ2n) is 5.97. The lowest BCUT2D eigenvalue weighted by molar-refractivity contribution is 0.499. The Morgan fingerprint density at radius 2 is 1.81 bits per heavy atom. The third kappa shape index (κ3) is 3.44. The van der Waals surface area contributed by atoms with E-state index in [1.165, 1.54) is 6.07 Å². The third-order valence-corrected chi connectivity index (χ3v) is 3.89. The molecule has 26 heavy (non-hydrogen) atoms. The monoisotopic (exact) mass is 357 g/mol. The fourth-order valence-electron chi connectivity index (χ4n) is 2.42. The molecule has 0 aliphatic heterocycles. The SMILES string of the molecule is Fc1ccc(F)c(Nc2cc(-c3cccnc3)nc(NC3CC3)n2)c1F. The first-order chi connectivity index (χ1) is 12.6. The minimum atomic E-state index is -1.30. The predicted octanol–water partition coefficient (Wildman–Crippen LogP) is 4.27. The number of benzene rings is 1. The van der Waals surface area contributed by atoms with E-state index in [2.05, 4.69) is 25.6 Å². The van der Waals surface area contributed by atoms with Gasteiger partial charge in [-0.3, -0.25) is 4.98 Å². The Hall–Kier alpha value is -3.16. The topological polar surface area (TPSA) is 62.7 Å². The molecule has 3 aromatic rings. The summed E-state index contributed by atoms with van der Waals surface area (Å²) >= 11 is 0. The van der Waals surface area contributed by atoms with Gasteiger partial charge in [0.25, 0.3) is 0 Å². The zero-order valence-electron chi connectivity index (χ0n) is 13.5. The summed E-state index contributed by atoms with van der Waals surface area (Å²) in [6, 6.07) is 6.96. The molecular weight excluding hydrogens is 343 g/mol. The van der Waals surface area contributed by atoms with Crippen molar-refractivity contribution in [3.63, 3.8) is 0 Å². The predicted molar refractivity (Wildman–Crippen MR) is 91.5 cm³/mol. The average Bonchev–Trinajstić information content (AvgIpc) is 3.46. The average molecular weight is 357 g/mol. The van der Waals surface area contributed by atoms with Crippen molar-refractivity contribution in [2.75, 3.05) is 10.6 Å². The number of rotatable bonds is 5. The molecule has 132 valence electrons. The van der Waals surface area contributed by atoms with E-state index in [4.69, 9.17) is 0 Å². The molecule has 1 aliphatic rings. The molecule has 0 radical (unpaired) electrons. The van der Waals surface area contributed by atoms with Crippen LogP contribution in [0.1, 0.15) is 12.8 Å². The van der Waals surface area contributed by atoms with Gasteiger partial charge < -0.3 is 10.6 Å². The van der Waals surface area contributed by atoms with Crippen LogP contribution in [0.5, 0.6) is 0 Å². The fourth-order valence-corrected chi connectivity index (χ4v) is 2.42. The Morgan fingerprint density at radius 1 is 1.00 bits per heavy atom. The van der Waals surface area contributed by atoms with Crippen LogP contribution in [0.4, 0.5) is 30.6 Å². The van der Waals surface area contributed by atoms with Crippen LogP contribution in [0.2, 0.25) is 0 Å². The molecular formula is C18H14F3N5. The molecule has 2 heterocycles. The summed E-state index contributed by atoms with van der Waals surface area (Å²) in [7, 11) is 0. The van der Waals surface area contributed by atoms with Crippen LogP contribution in [0, 0.1) is 17.5 Å². The van der Waals surface area contributed by atoms with Crippen LogP contribution in [0.3, 0.4) is 0 Å². The first-order valence-electron chi connectivity index (χ1n) is 8.06. The summed E-state index contributed by atoms with van der Waals surface area (Å²) in [6.45, 7) is 0. The second kappa shape index (κ2) is 6.62. The molecule has 2 N–H and O–H groups in total. The van der Waals surface area contributed by atoms with E-state index >= 15 is 0 Å². The highest BCUT2D eigenvalue weighted by atomic mass is 19.2. The maximum atomic E-state index is 13.9. The van der Waals surface area contributed by atoms with Gasteiger partial charge >= 0.3 is 0 Å².